The van der Waals surface area contributed by atoms with Crippen LogP contribution in [0.2, 0.25) is 0 Å². The van der Waals surface area contributed by atoms with Crippen LogP contribution in [0.1, 0.15) is 52.9 Å². The van der Waals surface area contributed by atoms with Gasteiger partial charge in [0.25, 0.3) is 0 Å². The molecule has 2 heteroatoms. The summed E-state index contributed by atoms with van der Waals surface area (Å²) in [6.07, 6.45) is 6.61. The highest BCUT2D eigenvalue weighted by atomic mass is 16.5. The molecule has 1 N–H and O–H groups in total. The van der Waals surface area contributed by atoms with Gasteiger partial charge in [-0.3, -0.25) is 0 Å². The van der Waals surface area contributed by atoms with Crippen LogP contribution < -0.4 is 5.32 Å². The predicted octanol–water partition coefficient (Wildman–Crippen LogP) is 2.72. The van der Waals surface area contributed by atoms with E-state index in [4.69, 9.17) is 4.74 Å². The Labute approximate surface area is 93.8 Å². The van der Waals surface area contributed by atoms with Gasteiger partial charge < -0.3 is 10.1 Å². The first-order valence-corrected chi connectivity index (χ1v) is 6.49. The molecule has 1 saturated carbocycles. The van der Waals surface area contributed by atoms with Crippen molar-refractivity contribution in [3.05, 3.63) is 0 Å². The van der Waals surface area contributed by atoms with Crippen LogP contribution in [0.3, 0.4) is 0 Å². The van der Waals surface area contributed by atoms with E-state index in [1.54, 1.807) is 0 Å². The molecule has 15 heavy (non-hydrogen) atoms. The van der Waals surface area contributed by atoms with Gasteiger partial charge in [0.2, 0.25) is 0 Å². The fraction of sp³-hybridized carbons (Fsp3) is 1.00. The normalized spacial score (nSPS) is 43.4. The van der Waals surface area contributed by atoms with Gasteiger partial charge in [-0.05, 0) is 39.0 Å². The van der Waals surface area contributed by atoms with Gasteiger partial charge in [-0.2, -0.15) is 0 Å². The van der Waals surface area contributed by atoms with Crippen LogP contribution in [0.25, 0.3) is 0 Å². The van der Waals surface area contributed by atoms with Crippen molar-refractivity contribution in [2.24, 2.45) is 5.92 Å². The number of nitrogens with one attached hydrogen (secondary N) is 1. The molecular weight excluding hydrogens is 186 g/mol. The van der Waals surface area contributed by atoms with Crippen molar-refractivity contribution in [1.29, 1.82) is 0 Å². The van der Waals surface area contributed by atoms with E-state index in [-0.39, 0.29) is 11.2 Å². The molecule has 0 radical (unpaired) electrons. The summed E-state index contributed by atoms with van der Waals surface area (Å²) in [5.41, 5.74) is 0.134. The number of rotatable bonds is 2. The maximum atomic E-state index is 6.43. The molecule has 0 spiro atoms. The Kier molecular flexibility index (Phi) is 3.09. The minimum atomic E-state index is 0.0512. The minimum absolute atomic E-state index is 0.0512. The highest BCUT2D eigenvalue weighted by Gasteiger charge is 2.44. The molecule has 2 rings (SSSR count). The third-order valence-electron chi connectivity index (χ3n) is 4.42. The van der Waals surface area contributed by atoms with Crippen LogP contribution in [0.4, 0.5) is 0 Å². The van der Waals surface area contributed by atoms with E-state index < -0.39 is 0 Å². The van der Waals surface area contributed by atoms with Gasteiger partial charge >= 0.3 is 0 Å². The van der Waals surface area contributed by atoms with E-state index in [2.05, 4.69) is 26.1 Å². The summed E-state index contributed by atoms with van der Waals surface area (Å²) < 4.78 is 6.43. The first-order valence-electron chi connectivity index (χ1n) is 6.49. The topological polar surface area (TPSA) is 21.3 Å². The van der Waals surface area contributed by atoms with E-state index in [1.165, 1.54) is 25.7 Å². The fourth-order valence-corrected chi connectivity index (χ4v) is 3.17. The average Bonchev–Trinajstić information content (AvgIpc) is 2.71. The van der Waals surface area contributed by atoms with Crippen LogP contribution in [-0.2, 0) is 4.74 Å². The Bertz CT molecular complexity index is 225. The zero-order valence-corrected chi connectivity index (χ0v) is 10.4. The molecule has 1 heterocycles. The van der Waals surface area contributed by atoms with E-state index >= 15 is 0 Å². The highest BCUT2D eigenvalue weighted by molar-refractivity contribution is 4.96. The third-order valence-corrected chi connectivity index (χ3v) is 4.42. The molecule has 1 aliphatic carbocycles. The lowest BCUT2D eigenvalue weighted by Crippen LogP contribution is -2.60. The molecule has 2 unspecified atom stereocenters. The van der Waals surface area contributed by atoms with Gasteiger partial charge in [-0.25, -0.2) is 0 Å². The van der Waals surface area contributed by atoms with Gasteiger partial charge in [0.1, 0.15) is 0 Å². The van der Waals surface area contributed by atoms with Gasteiger partial charge in [-0.15, -0.1) is 0 Å². The SMILES string of the molecule is CCC1(C)CNCC(C)(C2CCCC2)O1. The fourth-order valence-electron chi connectivity index (χ4n) is 3.17. The summed E-state index contributed by atoms with van der Waals surface area (Å²) in [7, 11) is 0. The molecule has 0 amide bonds. The van der Waals surface area contributed by atoms with E-state index in [1.807, 2.05) is 0 Å². The van der Waals surface area contributed by atoms with E-state index in [0.29, 0.717) is 0 Å². The largest absolute Gasteiger partial charge is 0.366 e. The number of hydrogen-bond acceptors (Lipinski definition) is 2. The Balaban J connectivity index is 2.06. The van der Waals surface area contributed by atoms with Crippen molar-refractivity contribution in [1.82, 2.24) is 5.32 Å². The Morgan fingerprint density at radius 2 is 1.87 bits per heavy atom. The van der Waals surface area contributed by atoms with Crippen molar-refractivity contribution in [3.8, 4) is 0 Å². The zero-order valence-electron chi connectivity index (χ0n) is 10.4. The second-order valence-corrected chi connectivity index (χ2v) is 5.80. The lowest BCUT2D eigenvalue weighted by molar-refractivity contribution is -0.186. The molecule has 0 aromatic rings. The van der Waals surface area contributed by atoms with Crippen molar-refractivity contribution in [3.63, 3.8) is 0 Å². The smallest absolute Gasteiger partial charge is 0.0814 e. The molecule has 88 valence electrons. The standard InChI is InChI=1S/C13H25NO/c1-4-12(2)9-14-10-13(3,15-12)11-7-5-6-8-11/h11,14H,4-10H2,1-3H3. The second-order valence-electron chi connectivity index (χ2n) is 5.80. The maximum absolute atomic E-state index is 6.43. The summed E-state index contributed by atoms with van der Waals surface area (Å²) in [5, 5.41) is 3.57. The molecule has 0 bridgehead atoms. The summed E-state index contributed by atoms with van der Waals surface area (Å²) in [6, 6.07) is 0. The molecule has 2 nitrogen and oxygen atoms in total. The molecule has 2 aliphatic rings. The number of morpholine rings is 1. The molecular formula is C13H25NO. The lowest BCUT2D eigenvalue weighted by atomic mass is 9.84. The van der Waals surface area contributed by atoms with Crippen LogP contribution in [-0.4, -0.2) is 24.3 Å². The van der Waals surface area contributed by atoms with Crippen molar-refractivity contribution >= 4 is 0 Å². The zero-order chi connectivity index (χ0) is 10.9. The summed E-state index contributed by atoms with van der Waals surface area (Å²) in [5.74, 6) is 0.774. The monoisotopic (exact) mass is 211 g/mol. The first kappa shape index (κ1) is 11.4. The molecule has 0 aromatic carbocycles. The lowest BCUT2D eigenvalue weighted by Gasteiger charge is -2.48. The van der Waals surface area contributed by atoms with Crippen molar-refractivity contribution < 1.29 is 4.74 Å². The molecule has 1 aliphatic heterocycles. The van der Waals surface area contributed by atoms with Gasteiger partial charge in [-0.1, -0.05) is 19.8 Å². The van der Waals surface area contributed by atoms with Crippen LogP contribution in [0.5, 0.6) is 0 Å². The van der Waals surface area contributed by atoms with Gasteiger partial charge in [0, 0.05) is 13.1 Å². The van der Waals surface area contributed by atoms with Gasteiger partial charge in [0.05, 0.1) is 11.2 Å². The molecule has 1 saturated heterocycles. The predicted molar refractivity (Wildman–Crippen MR) is 63.0 cm³/mol. The van der Waals surface area contributed by atoms with Crippen LogP contribution in [0.15, 0.2) is 0 Å². The van der Waals surface area contributed by atoms with Crippen molar-refractivity contribution in [2.75, 3.05) is 13.1 Å². The van der Waals surface area contributed by atoms with E-state index in [9.17, 15) is 0 Å². The Morgan fingerprint density at radius 1 is 1.20 bits per heavy atom. The number of ether oxygens (including phenoxy) is 1. The second kappa shape index (κ2) is 4.06. The molecule has 2 atom stereocenters. The van der Waals surface area contributed by atoms with Gasteiger partial charge in [0.15, 0.2) is 0 Å². The quantitative estimate of drug-likeness (QED) is 0.758. The van der Waals surface area contributed by atoms with Crippen LogP contribution in [0, 0.1) is 5.92 Å². The van der Waals surface area contributed by atoms with Crippen molar-refractivity contribution in [2.45, 2.75) is 64.1 Å². The average molecular weight is 211 g/mol. The minimum Gasteiger partial charge on any atom is -0.366 e. The Morgan fingerprint density at radius 3 is 2.47 bits per heavy atom. The number of hydrogen-bond donors (Lipinski definition) is 1. The Hall–Kier alpha value is -0.0800. The summed E-state index contributed by atoms with van der Waals surface area (Å²) >= 11 is 0. The molecule has 0 aromatic heterocycles. The third kappa shape index (κ3) is 2.21. The summed E-state index contributed by atoms with van der Waals surface area (Å²) in [6.45, 7) is 8.82. The maximum Gasteiger partial charge on any atom is 0.0814 e. The van der Waals surface area contributed by atoms with E-state index in [0.717, 1.165) is 25.4 Å². The molecule has 2 fully saturated rings. The van der Waals surface area contributed by atoms with Crippen LogP contribution >= 0.6 is 0 Å². The highest BCUT2D eigenvalue weighted by Crippen LogP contribution is 2.40. The first-order chi connectivity index (χ1) is 7.08. The summed E-state index contributed by atoms with van der Waals surface area (Å²) in [4.78, 5) is 0.